The molecule has 0 saturated carbocycles. The highest BCUT2D eigenvalue weighted by molar-refractivity contribution is 8.00. The van der Waals surface area contributed by atoms with Crippen LogP contribution < -0.4 is 4.90 Å². The van der Waals surface area contributed by atoms with Gasteiger partial charge in [-0.15, -0.1) is 0 Å². The Hall–Kier alpha value is -0.900. The molecule has 2 heterocycles. The quantitative estimate of drug-likeness (QED) is 0.593. The fourth-order valence-corrected chi connectivity index (χ4v) is 5.06. The molecule has 1 aliphatic heterocycles. The Morgan fingerprint density at radius 1 is 1.43 bits per heavy atom. The molecule has 1 aromatic heterocycles. The van der Waals surface area contributed by atoms with Crippen LogP contribution in [-0.2, 0) is 22.9 Å². The van der Waals surface area contributed by atoms with Crippen molar-refractivity contribution in [3.63, 3.8) is 0 Å². The molecule has 3 rings (SSSR count). The standard InChI is InChI=1S/C14H17N3O2S4/c1-21-13-15-17(14(20)22-13)9-16-7-3-4-10-8-11(23(2,18)19)5-6-12(10)16/h5-6,8H,3-4,7,9H2,1-2H3. The van der Waals surface area contributed by atoms with Crippen molar-refractivity contribution >= 4 is 50.8 Å². The van der Waals surface area contributed by atoms with Crippen LogP contribution in [0.2, 0.25) is 0 Å². The zero-order valence-electron chi connectivity index (χ0n) is 12.9. The van der Waals surface area contributed by atoms with Gasteiger partial charge in [-0.1, -0.05) is 23.1 Å². The van der Waals surface area contributed by atoms with E-state index < -0.39 is 9.84 Å². The zero-order chi connectivity index (χ0) is 16.6. The van der Waals surface area contributed by atoms with Gasteiger partial charge in [0.25, 0.3) is 0 Å². The Labute approximate surface area is 149 Å². The van der Waals surface area contributed by atoms with Crippen molar-refractivity contribution in [3.05, 3.63) is 27.7 Å². The predicted molar refractivity (Wildman–Crippen MR) is 97.9 cm³/mol. The predicted octanol–water partition coefficient (Wildman–Crippen LogP) is 3.21. The van der Waals surface area contributed by atoms with E-state index in [4.69, 9.17) is 12.2 Å². The Morgan fingerprint density at radius 3 is 2.87 bits per heavy atom. The van der Waals surface area contributed by atoms with Crippen LogP contribution in [0.25, 0.3) is 0 Å². The SMILES string of the molecule is CSc1nn(CN2CCCc3cc(S(C)(=O)=O)ccc32)c(=S)s1. The van der Waals surface area contributed by atoms with Crippen LogP contribution in [0.5, 0.6) is 0 Å². The lowest BCUT2D eigenvalue weighted by molar-refractivity contribution is 0.540. The number of thioether (sulfide) groups is 1. The smallest absolute Gasteiger partial charge is 0.181 e. The van der Waals surface area contributed by atoms with Gasteiger partial charge in [0.15, 0.2) is 18.1 Å². The van der Waals surface area contributed by atoms with Crippen LogP contribution in [0.15, 0.2) is 27.4 Å². The summed E-state index contributed by atoms with van der Waals surface area (Å²) >= 11 is 8.48. The van der Waals surface area contributed by atoms with E-state index in [-0.39, 0.29) is 0 Å². The fourth-order valence-electron chi connectivity index (χ4n) is 2.65. The van der Waals surface area contributed by atoms with Crippen molar-refractivity contribution in [2.24, 2.45) is 0 Å². The molecule has 1 aliphatic rings. The normalized spacial score (nSPS) is 14.8. The lowest BCUT2D eigenvalue weighted by Crippen LogP contribution is -2.32. The number of rotatable bonds is 4. The topological polar surface area (TPSA) is 55.2 Å². The molecule has 0 aliphatic carbocycles. The first kappa shape index (κ1) is 16.9. The summed E-state index contributed by atoms with van der Waals surface area (Å²) in [5.41, 5.74) is 2.15. The molecule has 0 atom stereocenters. The van der Waals surface area contributed by atoms with Gasteiger partial charge < -0.3 is 4.90 Å². The lowest BCUT2D eigenvalue weighted by Gasteiger charge is -2.31. The number of hydrogen-bond acceptors (Lipinski definition) is 7. The summed E-state index contributed by atoms with van der Waals surface area (Å²) in [4.78, 5) is 2.60. The summed E-state index contributed by atoms with van der Waals surface area (Å²) in [5, 5.41) is 4.51. The molecule has 2 aromatic rings. The van der Waals surface area contributed by atoms with Gasteiger partial charge in [-0.05, 0) is 55.1 Å². The van der Waals surface area contributed by atoms with E-state index in [1.54, 1.807) is 23.9 Å². The minimum absolute atomic E-state index is 0.382. The van der Waals surface area contributed by atoms with Gasteiger partial charge in [0.1, 0.15) is 6.67 Å². The second-order valence-electron chi connectivity index (χ2n) is 5.41. The minimum atomic E-state index is -3.17. The molecular weight excluding hydrogens is 370 g/mol. The van der Waals surface area contributed by atoms with Crippen molar-refractivity contribution in [1.82, 2.24) is 9.78 Å². The van der Waals surface area contributed by atoms with Crippen LogP contribution >= 0.6 is 35.3 Å². The number of sulfone groups is 1. The molecule has 5 nitrogen and oxygen atoms in total. The number of fused-ring (bicyclic) bond motifs is 1. The number of aryl methyl sites for hydroxylation is 1. The third kappa shape index (κ3) is 3.62. The molecule has 9 heteroatoms. The van der Waals surface area contributed by atoms with Gasteiger partial charge in [-0.3, -0.25) is 0 Å². The van der Waals surface area contributed by atoms with E-state index in [1.165, 1.54) is 17.6 Å². The largest absolute Gasteiger partial charge is 0.352 e. The van der Waals surface area contributed by atoms with Crippen molar-refractivity contribution in [1.29, 1.82) is 0 Å². The van der Waals surface area contributed by atoms with Crippen molar-refractivity contribution < 1.29 is 8.42 Å². The van der Waals surface area contributed by atoms with Crippen LogP contribution in [0.3, 0.4) is 0 Å². The lowest BCUT2D eigenvalue weighted by atomic mass is 10.0. The molecule has 1 aromatic carbocycles. The molecule has 0 unspecified atom stereocenters. The van der Waals surface area contributed by atoms with Crippen molar-refractivity contribution in [3.8, 4) is 0 Å². The number of benzene rings is 1. The summed E-state index contributed by atoms with van der Waals surface area (Å²) in [6, 6.07) is 5.38. The van der Waals surface area contributed by atoms with E-state index >= 15 is 0 Å². The molecule has 0 spiro atoms. The second kappa shape index (κ2) is 6.54. The maximum Gasteiger partial charge on any atom is 0.181 e. The van der Waals surface area contributed by atoms with Gasteiger partial charge in [0, 0.05) is 18.5 Å². The first-order valence-electron chi connectivity index (χ1n) is 7.08. The molecule has 0 fully saturated rings. The Morgan fingerprint density at radius 2 is 2.22 bits per heavy atom. The van der Waals surface area contributed by atoms with Gasteiger partial charge in [-0.2, -0.15) is 5.10 Å². The van der Waals surface area contributed by atoms with Gasteiger partial charge in [0.2, 0.25) is 0 Å². The molecule has 0 N–H and O–H groups in total. The van der Waals surface area contributed by atoms with Gasteiger partial charge in [-0.25, -0.2) is 13.1 Å². The molecule has 0 radical (unpaired) electrons. The Balaban J connectivity index is 1.92. The maximum atomic E-state index is 11.7. The van der Waals surface area contributed by atoms with Crippen molar-refractivity contribution in [2.75, 3.05) is 24.0 Å². The number of hydrogen-bond donors (Lipinski definition) is 0. The summed E-state index contributed by atoms with van der Waals surface area (Å²) in [6.45, 7) is 1.51. The average Bonchev–Trinajstić information content (AvgIpc) is 2.86. The highest BCUT2D eigenvalue weighted by atomic mass is 32.2. The number of anilines is 1. The Bertz CT molecular complexity index is 886. The van der Waals surface area contributed by atoms with Crippen LogP contribution in [0.1, 0.15) is 12.0 Å². The molecule has 124 valence electrons. The third-order valence-corrected chi connectivity index (χ3v) is 7.15. The zero-order valence-corrected chi connectivity index (χ0v) is 16.1. The summed E-state index contributed by atoms with van der Waals surface area (Å²) in [7, 11) is -3.17. The number of aromatic nitrogens is 2. The summed E-state index contributed by atoms with van der Waals surface area (Å²) < 4.78 is 27.0. The minimum Gasteiger partial charge on any atom is -0.352 e. The van der Waals surface area contributed by atoms with Crippen LogP contribution in [0.4, 0.5) is 5.69 Å². The van der Waals surface area contributed by atoms with E-state index in [1.807, 2.05) is 17.0 Å². The van der Waals surface area contributed by atoms with E-state index in [2.05, 4.69) is 10.00 Å². The van der Waals surface area contributed by atoms with Gasteiger partial charge in [0.05, 0.1) is 4.90 Å². The highest BCUT2D eigenvalue weighted by Crippen LogP contribution is 2.30. The first-order valence-corrected chi connectivity index (χ1v) is 11.4. The van der Waals surface area contributed by atoms with Crippen LogP contribution in [0, 0.1) is 3.95 Å². The highest BCUT2D eigenvalue weighted by Gasteiger charge is 2.20. The molecule has 0 amide bonds. The van der Waals surface area contributed by atoms with E-state index in [0.29, 0.717) is 11.6 Å². The van der Waals surface area contributed by atoms with E-state index in [0.717, 1.165) is 38.9 Å². The monoisotopic (exact) mass is 387 g/mol. The molecule has 23 heavy (non-hydrogen) atoms. The fraction of sp³-hybridized carbons (Fsp3) is 0.429. The Kier molecular flexibility index (Phi) is 4.82. The molecule has 0 bridgehead atoms. The molecular formula is C14H17N3O2S4. The summed E-state index contributed by atoms with van der Waals surface area (Å²) in [5.74, 6) is 0. The van der Waals surface area contributed by atoms with Crippen LogP contribution in [-0.4, -0.2) is 37.3 Å². The van der Waals surface area contributed by atoms with E-state index in [9.17, 15) is 8.42 Å². The number of nitrogens with zero attached hydrogens (tertiary/aromatic N) is 3. The maximum absolute atomic E-state index is 11.7. The second-order valence-corrected chi connectivity index (χ2v) is 10.1. The summed E-state index contributed by atoms with van der Waals surface area (Å²) in [6.07, 6.45) is 5.12. The first-order chi connectivity index (χ1) is 10.9. The third-order valence-electron chi connectivity index (χ3n) is 3.76. The van der Waals surface area contributed by atoms with Gasteiger partial charge >= 0.3 is 0 Å². The average molecular weight is 388 g/mol. The molecule has 0 saturated heterocycles. The van der Waals surface area contributed by atoms with Crippen molar-refractivity contribution in [2.45, 2.75) is 28.7 Å².